The molecule has 0 spiro atoms. The second kappa shape index (κ2) is 5.83. The second-order valence-corrected chi connectivity index (χ2v) is 7.43. The summed E-state index contributed by atoms with van der Waals surface area (Å²) in [6.45, 7) is 1.86. The first-order chi connectivity index (χ1) is 10.8. The molecule has 1 aliphatic heterocycles. The molecule has 0 bridgehead atoms. The van der Waals surface area contributed by atoms with E-state index in [-0.39, 0.29) is 0 Å². The van der Waals surface area contributed by atoms with Crippen LogP contribution in [0.1, 0.15) is 11.1 Å². The minimum atomic E-state index is -1.24. The van der Waals surface area contributed by atoms with Crippen molar-refractivity contribution in [1.82, 2.24) is 5.32 Å². The Morgan fingerprint density at radius 3 is 3.00 bits per heavy atom. The fourth-order valence-electron chi connectivity index (χ4n) is 2.88. The Hall–Kier alpha value is -1.69. The number of anilines is 1. The van der Waals surface area contributed by atoms with Crippen molar-refractivity contribution in [3.8, 4) is 0 Å². The van der Waals surface area contributed by atoms with E-state index >= 15 is 0 Å². The molecule has 0 radical (unpaired) electrons. The summed E-state index contributed by atoms with van der Waals surface area (Å²) in [4.78, 5) is 0.868. The summed E-state index contributed by atoms with van der Waals surface area (Å²) in [5, 5.41) is 6.44. The van der Waals surface area contributed by atoms with Crippen molar-refractivity contribution in [2.24, 2.45) is 0 Å². The molecule has 4 rings (SSSR count). The topological polar surface area (TPSA) is 41.1 Å². The van der Waals surface area contributed by atoms with Crippen LogP contribution < -0.4 is 10.0 Å². The molecule has 2 N–H and O–H groups in total. The van der Waals surface area contributed by atoms with Crippen molar-refractivity contribution in [1.29, 1.82) is 0 Å². The van der Waals surface area contributed by atoms with E-state index in [0.29, 0.717) is 0 Å². The van der Waals surface area contributed by atoms with Crippen LogP contribution in [0, 0.1) is 0 Å². The Kier molecular flexibility index (Phi) is 3.70. The van der Waals surface area contributed by atoms with E-state index < -0.39 is 11.0 Å². The van der Waals surface area contributed by atoms with Gasteiger partial charge in [0.05, 0.1) is 10.6 Å². The van der Waals surface area contributed by atoms with Crippen molar-refractivity contribution in [3.63, 3.8) is 0 Å². The Morgan fingerprint density at radius 1 is 1.14 bits per heavy atom. The molecular formula is C17H16N2OS2. The highest BCUT2D eigenvalue weighted by atomic mass is 32.2. The fraction of sp³-hybridized carbons (Fsp3) is 0.176. The van der Waals surface area contributed by atoms with Crippen molar-refractivity contribution in [2.45, 2.75) is 17.9 Å². The fourth-order valence-corrected chi connectivity index (χ4v) is 5.14. The van der Waals surface area contributed by atoms with Crippen LogP contribution in [-0.4, -0.2) is 10.8 Å². The molecular weight excluding hydrogens is 312 g/mol. The Morgan fingerprint density at radius 2 is 2.05 bits per heavy atom. The molecule has 0 aliphatic carbocycles. The molecule has 0 fully saturated rings. The van der Waals surface area contributed by atoms with Crippen LogP contribution in [0.5, 0.6) is 0 Å². The predicted octanol–water partition coefficient (Wildman–Crippen LogP) is 3.68. The quantitative estimate of drug-likeness (QED) is 0.770. The van der Waals surface area contributed by atoms with Gasteiger partial charge in [-0.3, -0.25) is 0 Å². The lowest BCUT2D eigenvalue weighted by atomic mass is 9.99. The lowest BCUT2D eigenvalue weighted by molar-refractivity contribution is 0.645. The first-order valence-electron chi connectivity index (χ1n) is 7.29. The molecule has 1 aliphatic rings. The summed E-state index contributed by atoms with van der Waals surface area (Å²) in [5.74, 6) is 0. The third kappa shape index (κ3) is 2.45. The van der Waals surface area contributed by atoms with Crippen molar-refractivity contribution >= 4 is 38.1 Å². The standard InChI is InChI=1S/C17H16N2OS2/c20-22(17-11-21-16-7-2-1-5-14(16)17)19-15-6-3-4-12-10-18-9-8-13(12)15/h1-7,11,18-19H,8-10H2. The summed E-state index contributed by atoms with van der Waals surface area (Å²) in [6.07, 6.45) is 0.972. The van der Waals surface area contributed by atoms with Gasteiger partial charge < -0.3 is 10.0 Å². The largest absolute Gasteiger partial charge is 0.312 e. The Bertz CT molecular complexity index is 857. The van der Waals surface area contributed by atoms with E-state index in [1.807, 2.05) is 35.7 Å². The first kappa shape index (κ1) is 13.9. The van der Waals surface area contributed by atoms with Gasteiger partial charge in [-0.15, -0.1) is 11.3 Å². The number of benzene rings is 2. The van der Waals surface area contributed by atoms with E-state index in [2.05, 4.69) is 22.2 Å². The van der Waals surface area contributed by atoms with E-state index in [1.165, 1.54) is 15.8 Å². The summed E-state index contributed by atoms with van der Waals surface area (Å²) in [7, 11) is -1.24. The van der Waals surface area contributed by atoms with E-state index in [1.54, 1.807) is 11.3 Å². The van der Waals surface area contributed by atoms with Crippen molar-refractivity contribution < 1.29 is 4.21 Å². The third-order valence-corrected chi connectivity index (χ3v) is 6.24. The van der Waals surface area contributed by atoms with Gasteiger partial charge in [0.15, 0.2) is 11.0 Å². The molecule has 2 heterocycles. The second-order valence-electron chi connectivity index (χ2n) is 5.34. The number of thiophene rings is 1. The Labute approximate surface area is 136 Å². The van der Waals surface area contributed by atoms with Crippen LogP contribution in [0.15, 0.2) is 52.7 Å². The van der Waals surface area contributed by atoms with Crippen LogP contribution in [-0.2, 0) is 24.0 Å². The first-order valence-corrected chi connectivity index (χ1v) is 9.32. The lowest BCUT2D eigenvalue weighted by Gasteiger charge is -2.20. The summed E-state index contributed by atoms with van der Waals surface area (Å²) >= 11 is 1.64. The molecule has 0 saturated carbocycles. The molecule has 2 aromatic carbocycles. The van der Waals surface area contributed by atoms with Gasteiger partial charge in [0.25, 0.3) is 0 Å². The number of nitrogens with one attached hydrogen (secondary N) is 2. The molecule has 1 atom stereocenters. The molecule has 3 aromatic rings. The number of rotatable bonds is 3. The van der Waals surface area contributed by atoms with Gasteiger partial charge in [0.2, 0.25) is 0 Å². The van der Waals surface area contributed by atoms with Crippen LogP contribution in [0.25, 0.3) is 10.1 Å². The van der Waals surface area contributed by atoms with E-state index in [9.17, 15) is 4.21 Å². The zero-order chi connectivity index (χ0) is 14.9. The smallest absolute Gasteiger partial charge is 0.151 e. The van der Waals surface area contributed by atoms with Gasteiger partial charge in [-0.05, 0) is 36.2 Å². The van der Waals surface area contributed by atoms with Crippen LogP contribution in [0.4, 0.5) is 5.69 Å². The van der Waals surface area contributed by atoms with Crippen LogP contribution >= 0.6 is 11.3 Å². The molecule has 112 valence electrons. The molecule has 0 amide bonds. The molecule has 0 saturated heterocycles. The zero-order valence-corrected chi connectivity index (χ0v) is 13.6. The highest BCUT2D eigenvalue weighted by Crippen LogP contribution is 2.30. The summed E-state index contributed by atoms with van der Waals surface area (Å²) in [5.41, 5.74) is 3.57. The van der Waals surface area contributed by atoms with Gasteiger partial charge in [-0.2, -0.15) is 0 Å². The number of fused-ring (bicyclic) bond motifs is 2. The lowest BCUT2D eigenvalue weighted by Crippen LogP contribution is -2.24. The van der Waals surface area contributed by atoms with E-state index in [4.69, 9.17) is 0 Å². The normalized spacial score (nSPS) is 15.5. The van der Waals surface area contributed by atoms with Crippen LogP contribution in [0.2, 0.25) is 0 Å². The van der Waals surface area contributed by atoms with E-state index in [0.717, 1.165) is 35.5 Å². The van der Waals surface area contributed by atoms with Gasteiger partial charge >= 0.3 is 0 Å². The molecule has 1 unspecified atom stereocenters. The van der Waals surface area contributed by atoms with Gasteiger partial charge in [0.1, 0.15) is 0 Å². The number of hydrogen-bond donors (Lipinski definition) is 2. The van der Waals surface area contributed by atoms with Crippen molar-refractivity contribution in [2.75, 3.05) is 11.3 Å². The highest BCUT2D eigenvalue weighted by molar-refractivity contribution is 7.86. The van der Waals surface area contributed by atoms with Crippen LogP contribution in [0.3, 0.4) is 0 Å². The molecule has 3 nitrogen and oxygen atoms in total. The minimum absolute atomic E-state index is 0.868. The average molecular weight is 328 g/mol. The molecule has 1 aromatic heterocycles. The van der Waals surface area contributed by atoms with Crippen molar-refractivity contribution in [3.05, 3.63) is 59.0 Å². The highest BCUT2D eigenvalue weighted by Gasteiger charge is 2.16. The third-order valence-electron chi connectivity index (χ3n) is 3.99. The SMILES string of the molecule is O=S(Nc1cccc2c1CCNC2)c1csc2ccccc12. The van der Waals surface area contributed by atoms with Gasteiger partial charge in [0, 0.05) is 22.0 Å². The maximum atomic E-state index is 12.8. The average Bonchev–Trinajstić information content (AvgIpc) is 2.99. The Balaban J connectivity index is 1.68. The number of hydrogen-bond acceptors (Lipinski definition) is 3. The van der Waals surface area contributed by atoms with Gasteiger partial charge in [-0.25, -0.2) is 4.21 Å². The monoisotopic (exact) mass is 328 g/mol. The maximum absolute atomic E-state index is 12.8. The minimum Gasteiger partial charge on any atom is -0.312 e. The predicted molar refractivity (Wildman–Crippen MR) is 93.7 cm³/mol. The summed E-state index contributed by atoms with van der Waals surface area (Å²) in [6, 6.07) is 14.3. The molecule has 22 heavy (non-hydrogen) atoms. The van der Waals surface area contributed by atoms with Gasteiger partial charge in [-0.1, -0.05) is 30.3 Å². The molecule has 5 heteroatoms. The maximum Gasteiger partial charge on any atom is 0.151 e. The summed E-state index contributed by atoms with van der Waals surface area (Å²) < 4.78 is 17.2. The zero-order valence-electron chi connectivity index (χ0n) is 12.0.